The number of hydrogen-bond donors (Lipinski definition) is 2. The Hall–Kier alpha value is -4.42. The second-order valence-electron chi connectivity index (χ2n) is 11.2. The Bertz CT molecular complexity index is 1440. The van der Waals surface area contributed by atoms with Gasteiger partial charge in [-0.15, -0.1) is 0 Å². The minimum atomic E-state index is -0.819. The summed E-state index contributed by atoms with van der Waals surface area (Å²) >= 11 is 0. The second kappa shape index (κ2) is 14.4. The number of piperazine rings is 1. The van der Waals surface area contributed by atoms with E-state index in [4.69, 9.17) is 17.6 Å². The number of phenolic OH excluding ortho intramolecular Hbond substituents is 1. The Morgan fingerprint density at radius 3 is 2.39 bits per heavy atom. The maximum absolute atomic E-state index is 11.8. The van der Waals surface area contributed by atoms with Crippen LogP contribution in [0.5, 0.6) is 5.75 Å². The zero-order valence-electron chi connectivity index (χ0n) is 26.0. The quantitative estimate of drug-likeness (QED) is 0.218. The number of allylic oxidation sites excluding steroid dienone is 1. The number of aromatic hydroxyl groups is 1. The van der Waals surface area contributed by atoms with Crippen molar-refractivity contribution in [2.24, 2.45) is 0 Å². The molecular weight excluding hydrogens is 555 g/mol. The number of anilines is 5. The zero-order valence-corrected chi connectivity index (χ0v) is 26.0. The number of nitrogens with zero attached hydrogens (tertiary/aromatic N) is 7. The largest absolute Gasteiger partial charge is 0.506 e. The molecule has 1 amide bonds. The number of nitrogens with one attached hydrogen (secondary N) is 1. The second-order valence-corrected chi connectivity index (χ2v) is 11.2. The SMILES string of the molecule is C=CC=O.[B]C1(N(C)Cc2cnc(Nc3ccc(N4CCN(C)CC4)cc3)nc2N(C)C=O)CCN(C)c2c(O)cccc21. The number of carbonyl (C=O) groups excluding carboxylic acids is 2. The first-order valence-electron chi connectivity index (χ1n) is 14.6. The summed E-state index contributed by atoms with van der Waals surface area (Å²) in [5, 5.41) is 13.8. The van der Waals surface area contributed by atoms with Crippen molar-refractivity contribution in [3.63, 3.8) is 0 Å². The molecule has 2 aliphatic rings. The minimum absolute atomic E-state index is 0.208. The number of hydrogen-bond acceptors (Lipinski definition) is 10. The molecule has 5 rings (SSSR count). The predicted octanol–water partition coefficient (Wildman–Crippen LogP) is 2.93. The van der Waals surface area contributed by atoms with Gasteiger partial charge in [0, 0.05) is 81.9 Å². The van der Waals surface area contributed by atoms with E-state index in [0.29, 0.717) is 37.6 Å². The number of likely N-dealkylation sites (N-methyl/N-ethyl adjacent to an activating group) is 1. The van der Waals surface area contributed by atoms with E-state index in [1.54, 1.807) is 19.3 Å². The molecule has 0 spiro atoms. The summed E-state index contributed by atoms with van der Waals surface area (Å²) in [5.41, 5.74) is 3.60. The van der Waals surface area contributed by atoms with Crippen LogP contribution in [0.3, 0.4) is 0 Å². The molecule has 2 aliphatic heterocycles. The van der Waals surface area contributed by atoms with E-state index in [0.717, 1.165) is 55.1 Å². The van der Waals surface area contributed by atoms with Crippen molar-refractivity contribution in [1.82, 2.24) is 19.8 Å². The average Bonchev–Trinajstić information content (AvgIpc) is 3.04. The van der Waals surface area contributed by atoms with Crippen LogP contribution >= 0.6 is 0 Å². The van der Waals surface area contributed by atoms with E-state index < -0.39 is 5.44 Å². The van der Waals surface area contributed by atoms with Crippen LogP contribution in [0.4, 0.5) is 28.8 Å². The van der Waals surface area contributed by atoms with Crippen molar-refractivity contribution in [3.8, 4) is 5.75 Å². The van der Waals surface area contributed by atoms with Crippen LogP contribution in [-0.4, -0.2) is 106 Å². The van der Waals surface area contributed by atoms with Gasteiger partial charge in [0.2, 0.25) is 12.4 Å². The van der Waals surface area contributed by atoms with Gasteiger partial charge in [0.05, 0.1) is 5.69 Å². The Morgan fingerprint density at radius 1 is 1.07 bits per heavy atom. The molecule has 0 bridgehead atoms. The molecule has 2 N–H and O–H groups in total. The maximum atomic E-state index is 11.8. The summed E-state index contributed by atoms with van der Waals surface area (Å²) in [7, 11) is 14.7. The van der Waals surface area contributed by atoms with Crippen molar-refractivity contribution < 1.29 is 14.7 Å². The smallest absolute Gasteiger partial charge is 0.229 e. The Labute approximate surface area is 261 Å². The molecule has 2 aromatic carbocycles. The van der Waals surface area contributed by atoms with E-state index in [2.05, 4.69) is 45.9 Å². The van der Waals surface area contributed by atoms with Crippen LogP contribution in [0.25, 0.3) is 0 Å². The Kier molecular flexibility index (Phi) is 10.6. The molecule has 0 saturated carbocycles. The Balaban J connectivity index is 0.00000104. The van der Waals surface area contributed by atoms with Crippen LogP contribution in [0, 0.1) is 0 Å². The number of aldehydes is 1. The van der Waals surface area contributed by atoms with E-state index in [9.17, 15) is 9.90 Å². The number of aromatic nitrogens is 2. The van der Waals surface area contributed by atoms with Gasteiger partial charge in [-0.1, -0.05) is 18.7 Å². The van der Waals surface area contributed by atoms with Crippen molar-refractivity contribution in [3.05, 3.63) is 72.4 Å². The lowest BCUT2D eigenvalue weighted by Crippen LogP contribution is -2.49. The van der Waals surface area contributed by atoms with Crippen LogP contribution < -0.4 is 20.0 Å². The number of para-hydroxylation sites is 1. The highest BCUT2D eigenvalue weighted by atomic mass is 16.3. The molecule has 1 unspecified atom stereocenters. The average molecular weight is 597 g/mol. The Morgan fingerprint density at radius 2 is 1.75 bits per heavy atom. The van der Waals surface area contributed by atoms with E-state index in [-0.39, 0.29) is 5.75 Å². The molecule has 1 aromatic heterocycles. The van der Waals surface area contributed by atoms with Gasteiger partial charge in [-0.2, -0.15) is 4.98 Å². The van der Waals surface area contributed by atoms with Crippen LogP contribution in [-0.2, 0) is 21.6 Å². The highest BCUT2D eigenvalue weighted by Gasteiger charge is 2.38. The maximum Gasteiger partial charge on any atom is 0.229 e. The fraction of sp³-hybridized carbons (Fsp3) is 0.375. The molecule has 3 aromatic rings. The molecule has 0 aliphatic carbocycles. The van der Waals surface area contributed by atoms with Gasteiger partial charge in [-0.05, 0) is 62.5 Å². The highest BCUT2D eigenvalue weighted by molar-refractivity contribution is 6.16. The number of fused-ring (bicyclic) bond motifs is 1. The van der Waals surface area contributed by atoms with Crippen molar-refractivity contribution >= 4 is 49.4 Å². The fourth-order valence-corrected chi connectivity index (χ4v) is 5.53. The molecular formula is C32H41BN8O3. The van der Waals surface area contributed by atoms with Crippen LogP contribution in [0.15, 0.2) is 61.3 Å². The minimum Gasteiger partial charge on any atom is -0.506 e. The predicted molar refractivity (Wildman–Crippen MR) is 177 cm³/mol. The van der Waals surface area contributed by atoms with Gasteiger partial charge >= 0.3 is 0 Å². The molecule has 12 heteroatoms. The van der Waals surface area contributed by atoms with Gasteiger partial charge in [0.25, 0.3) is 0 Å². The normalized spacial score (nSPS) is 18.1. The standard InChI is InChI=1S/C29H37BN8O2.C3H4O/c1-34-14-16-38(17-15-34)23-10-8-22(9-11-23)32-28-31-18-21(27(33-28)36(3)20-39)19-37(4)29(30)12-13-35(2)26-24(29)6-5-7-25(26)40;1-2-3-4/h5-11,18,20,40H,12-17,19H2,1-4H3,(H,31,32,33);2-3H,1H2. The van der Waals surface area contributed by atoms with Gasteiger partial charge in [-0.3, -0.25) is 9.59 Å². The fourth-order valence-electron chi connectivity index (χ4n) is 5.53. The first-order chi connectivity index (χ1) is 21.1. The van der Waals surface area contributed by atoms with Gasteiger partial charge in [0.15, 0.2) is 0 Å². The third-order valence-electron chi connectivity index (χ3n) is 8.20. The molecule has 230 valence electrons. The molecule has 1 atom stereocenters. The third kappa shape index (κ3) is 7.20. The first kappa shape index (κ1) is 32.5. The molecule has 1 saturated heterocycles. The van der Waals surface area contributed by atoms with E-state index >= 15 is 0 Å². The number of benzene rings is 2. The number of phenols is 1. The van der Waals surface area contributed by atoms with E-state index in [1.807, 2.05) is 48.2 Å². The molecule has 11 nitrogen and oxygen atoms in total. The monoisotopic (exact) mass is 596 g/mol. The van der Waals surface area contributed by atoms with E-state index in [1.165, 1.54) is 16.7 Å². The van der Waals surface area contributed by atoms with Crippen LogP contribution in [0.1, 0.15) is 17.5 Å². The summed E-state index contributed by atoms with van der Waals surface area (Å²) in [6.07, 6.45) is 4.98. The van der Waals surface area contributed by atoms with Crippen molar-refractivity contribution in [1.29, 1.82) is 0 Å². The lowest BCUT2D eigenvalue weighted by atomic mass is 9.66. The summed E-state index contributed by atoms with van der Waals surface area (Å²) in [5.74, 6) is 1.11. The summed E-state index contributed by atoms with van der Waals surface area (Å²) in [6.45, 7) is 8.34. The first-order valence-corrected chi connectivity index (χ1v) is 14.6. The highest BCUT2D eigenvalue weighted by Crippen LogP contribution is 2.44. The summed E-state index contributed by atoms with van der Waals surface area (Å²) in [6, 6.07) is 13.7. The van der Waals surface area contributed by atoms with Crippen molar-refractivity contribution in [2.75, 3.05) is 80.9 Å². The number of carbonyl (C=O) groups is 2. The molecule has 1 fully saturated rings. The number of rotatable bonds is 9. The lowest BCUT2D eigenvalue weighted by Gasteiger charge is -2.47. The third-order valence-corrected chi connectivity index (χ3v) is 8.20. The topological polar surface area (TPSA) is 108 Å². The lowest BCUT2D eigenvalue weighted by molar-refractivity contribution is -0.107. The number of amides is 1. The molecule has 44 heavy (non-hydrogen) atoms. The molecule has 3 heterocycles. The van der Waals surface area contributed by atoms with Gasteiger partial charge in [0.1, 0.15) is 25.7 Å². The summed E-state index contributed by atoms with van der Waals surface area (Å²) in [4.78, 5) is 40.3. The van der Waals surface area contributed by atoms with Crippen LogP contribution in [0.2, 0.25) is 0 Å². The van der Waals surface area contributed by atoms with Gasteiger partial charge in [-0.25, -0.2) is 4.98 Å². The van der Waals surface area contributed by atoms with Crippen molar-refractivity contribution in [2.45, 2.75) is 18.4 Å². The summed E-state index contributed by atoms with van der Waals surface area (Å²) < 4.78 is 0. The molecule has 2 radical (unpaired) electrons. The van der Waals surface area contributed by atoms with Gasteiger partial charge < -0.3 is 34.9 Å². The zero-order chi connectivity index (χ0) is 31.9.